The molecule has 0 heterocycles. The van der Waals surface area contributed by atoms with Crippen molar-refractivity contribution in [3.05, 3.63) is 29.8 Å². The van der Waals surface area contributed by atoms with Crippen LogP contribution in [-0.2, 0) is 4.18 Å². The average Bonchev–Trinajstić information content (AvgIpc) is 2.35. The number of aryl methyl sites for hydroxylation is 1. The van der Waals surface area contributed by atoms with Crippen LogP contribution in [0.25, 0.3) is 0 Å². The lowest BCUT2D eigenvalue weighted by atomic mass is 10.1. The van der Waals surface area contributed by atoms with E-state index in [-0.39, 0.29) is 0 Å². The van der Waals surface area contributed by atoms with E-state index in [9.17, 15) is 0 Å². The number of rotatable bonds is 9. The lowest BCUT2D eigenvalue weighted by molar-refractivity contribution is 0.355. The molecule has 0 bridgehead atoms. The minimum Gasteiger partial charge on any atom is -0.310 e. The fourth-order valence-corrected chi connectivity index (χ4v) is 2.23. The molecule has 0 spiro atoms. The van der Waals surface area contributed by atoms with Crippen molar-refractivity contribution in [3.8, 4) is 0 Å². The third-order valence-corrected chi connectivity index (χ3v) is 3.51. The Morgan fingerprint density at radius 3 is 2.29 bits per heavy atom. The largest absolute Gasteiger partial charge is 0.310 e. The second kappa shape index (κ2) is 9.55. The molecule has 0 radical (unpaired) electrons. The Balaban J connectivity index is 1.95. The lowest BCUT2D eigenvalue weighted by Gasteiger charge is -2.03. The van der Waals surface area contributed by atoms with E-state index in [2.05, 4.69) is 38.1 Å². The maximum absolute atomic E-state index is 5.58. The highest BCUT2D eigenvalue weighted by molar-refractivity contribution is 7.94. The van der Waals surface area contributed by atoms with Gasteiger partial charge in [0.25, 0.3) is 0 Å². The van der Waals surface area contributed by atoms with Gasteiger partial charge in [0, 0.05) is 16.9 Å². The Labute approximate surface area is 110 Å². The van der Waals surface area contributed by atoms with Crippen molar-refractivity contribution in [2.75, 3.05) is 6.61 Å². The first-order valence-electron chi connectivity index (χ1n) is 6.69. The average molecular weight is 252 g/mol. The summed E-state index contributed by atoms with van der Waals surface area (Å²) in [7, 11) is 0. The van der Waals surface area contributed by atoms with Crippen molar-refractivity contribution in [2.45, 2.75) is 57.3 Å². The zero-order valence-electron chi connectivity index (χ0n) is 11.1. The fourth-order valence-electron chi connectivity index (χ4n) is 1.64. The third kappa shape index (κ3) is 7.45. The van der Waals surface area contributed by atoms with Gasteiger partial charge < -0.3 is 4.18 Å². The number of benzene rings is 1. The lowest BCUT2D eigenvalue weighted by Crippen LogP contribution is -1.87. The van der Waals surface area contributed by atoms with Gasteiger partial charge in [-0.2, -0.15) is 0 Å². The van der Waals surface area contributed by atoms with Crippen molar-refractivity contribution in [3.63, 3.8) is 0 Å². The molecule has 0 unspecified atom stereocenters. The van der Waals surface area contributed by atoms with E-state index in [1.165, 1.54) is 61.0 Å². The molecule has 96 valence electrons. The topological polar surface area (TPSA) is 9.23 Å². The smallest absolute Gasteiger partial charge is 0.0618 e. The van der Waals surface area contributed by atoms with Crippen molar-refractivity contribution in [2.24, 2.45) is 0 Å². The summed E-state index contributed by atoms with van der Waals surface area (Å²) >= 11 is 1.50. The highest BCUT2D eigenvalue weighted by Crippen LogP contribution is 2.19. The van der Waals surface area contributed by atoms with Gasteiger partial charge in [0.15, 0.2) is 0 Å². The molecule has 17 heavy (non-hydrogen) atoms. The third-order valence-electron chi connectivity index (χ3n) is 2.76. The Bertz CT molecular complexity index is 281. The van der Waals surface area contributed by atoms with E-state index in [0.717, 1.165) is 6.61 Å². The van der Waals surface area contributed by atoms with Gasteiger partial charge in [-0.05, 0) is 25.5 Å². The first-order valence-corrected chi connectivity index (χ1v) is 7.43. The van der Waals surface area contributed by atoms with E-state index in [4.69, 9.17) is 4.18 Å². The SMILES string of the molecule is CCCCCCCCOSc1ccc(C)cc1. The van der Waals surface area contributed by atoms with Crippen LogP contribution in [0, 0.1) is 6.92 Å². The molecule has 0 atom stereocenters. The monoisotopic (exact) mass is 252 g/mol. The van der Waals surface area contributed by atoms with Crippen LogP contribution in [0.1, 0.15) is 51.0 Å². The molecule has 0 aliphatic heterocycles. The molecular formula is C15H24OS. The quantitative estimate of drug-likeness (QED) is 0.431. The first-order chi connectivity index (χ1) is 8.33. The van der Waals surface area contributed by atoms with Gasteiger partial charge in [-0.25, -0.2) is 0 Å². The van der Waals surface area contributed by atoms with E-state index >= 15 is 0 Å². The molecule has 0 saturated heterocycles. The second-order valence-corrected chi connectivity index (χ2v) is 5.36. The van der Waals surface area contributed by atoms with Crippen LogP contribution in [0.4, 0.5) is 0 Å². The molecule has 0 aliphatic carbocycles. The van der Waals surface area contributed by atoms with Crippen molar-refractivity contribution in [1.29, 1.82) is 0 Å². The molecule has 1 aromatic carbocycles. The Morgan fingerprint density at radius 2 is 1.59 bits per heavy atom. The first kappa shape index (κ1) is 14.6. The molecule has 1 aromatic rings. The molecule has 0 aliphatic rings. The molecule has 0 amide bonds. The molecule has 0 saturated carbocycles. The summed E-state index contributed by atoms with van der Waals surface area (Å²) in [5, 5.41) is 0. The number of unbranched alkanes of at least 4 members (excludes halogenated alkanes) is 5. The number of hydrogen-bond acceptors (Lipinski definition) is 2. The normalized spacial score (nSPS) is 10.7. The summed E-state index contributed by atoms with van der Waals surface area (Å²) in [5.41, 5.74) is 1.30. The Morgan fingerprint density at radius 1 is 0.941 bits per heavy atom. The van der Waals surface area contributed by atoms with Crippen LogP contribution in [0.2, 0.25) is 0 Å². The van der Waals surface area contributed by atoms with Gasteiger partial charge in [0.1, 0.15) is 0 Å². The summed E-state index contributed by atoms with van der Waals surface area (Å²) in [6.07, 6.45) is 7.91. The van der Waals surface area contributed by atoms with Crippen LogP contribution < -0.4 is 0 Å². The van der Waals surface area contributed by atoms with Gasteiger partial charge in [-0.1, -0.05) is 56.7 Å². The molecule has 1 rings (SSSR count). The van der Waals surface area contributed by atoms with Crippen LogP contribution in [0.3, 0.4) is 0 Å². The number of hydrogen-bond donors (Lipinski definition) is 0. The van der Waals surface area contributed by atoms with Crippen molar-refractivity contribution in [1.82, 2.24) is 0 Å². The molecular weight excluding hydrogens is 228 g/mol. The maximum Gasteiger partial charge on any atom is 0.0618 e. The zero-order chi connectivity index (χ0) is 12.3. The van der Waals surface area contributed by atoms with Gasteiger partial charge in [0.05, 0.1) is 6.61 Å². The highest BCUT2D eigenvalue weighted by Gasteiger charge is 1.95. The van der Waals surface area contributed by atoms with Gasteiger partial charge in [-0.15, -0.1) is 0 Å². The van der Waals surface area contributed by atoms with Gasteiger partial charge in [0.2, 0.25) is 0 Å². The fraction of sp³-hybridized carbons (Fsp3) is 0.600. The Kier molecular flexibility index (Phi) is 8.20. The van der Waals surface area contributed by atoms with E-state index in [1.807, 2.05) is 0 Å². The predicted molar refractivity (Wildman–Crippen MR) is 76.4 cm³/mol. The predicted octanol–water partition coefficient (Wildman–Crippen LogP) is 5.38. The molecule has 2 heteroatoms. The summed E-state index contributed by atoms with van der Waals surface area (Å²) in [6.45, 7) is 5.22. The maximum atomic E-state index is 5.58. The van der Waals surface area contributed by atoms with Crippen molar-refractivity contribution < 1.29 is 4.18 Å². The zero-order valence-corrected chi connectivity index (χ0v) is 11.9. The van der Waals surface area contributed by atoms with E-state index in [0.29, 0.717) is 0 Å². The molecule has 0 aromatic heterocycles. The van der Waals surface area contributed by atoms with Crippen LogP contribution in [0.15, 0.2) is 29.2 Å². The van der Waals surface area contributed by atoms with E-state index < -0.39 is 0 Å². The van der Waals surface area contributed by atoms with Crippen LogP contribution in [0.5, 0.6) is 0 Å². The summed E-state index contributed by atoms with van der Waals surface area (Å²) in [6, 6.07) is 8.47. The van der Waals surface area contributed by atoms with Gasteiger partial charge >= 0.3 is 0 Å². The minimum atomic E-state index is 0.866. The highest BCUT2D eigenvalue weighted by atomic mass is 32.2. The molecule has 1 nitrogen and oxygen atoms in total. The standard InChI is InChI=1S/C15H24OS/c1-3-4-5-6-7-8-13-16-17-15-11-9-14(2)10-12-15/h9-12H,3-8,13H2,1-2H3. The summed E-state index contributed by atoms with van der Waals surface area (Å²) < 4.78 is 5.58. The second-order valence-electron chi connectivity index (χ2n) is 4.49. The van der Waals surface area contributed by atoms with E-state index in [1.54, 1.807) is 0 Å². The van der Waals surface area contributed by atoms with Crippen molar-refractivity contribution >= 4 is 12.0 Å². The minimum absolute atomic E-state index is 0.866. The molecule has 0 fully saturated rings. The summed E-state index contributed by atoms with van der Waals surface area (Å²) in [4.78, 5) is 1.20. The Hall–Kier alpha value is -0.470. The summed E-state index contributed by atoms with van der Waals surface area (Å²) in [5.74, 6) is 0. The molecule has 0 N–H and O–H groups in total. The van der Waals surface area contributed by atoms with Crippen LogP contribution >= 0.6 is 12.0 Å². The van der Waals surface area contributed by atoms with Gasteiger partial charge in [-0.3, -0.25) is 0 Å². The van der Waals surface area contributed by atoms with Crippen LogP contribution in [-0.4, -0.2) is 6.61 Å².